The van der Waals surface area contributed by atoms with E-state index >= 15 is 0 Å². The monoisotopic (exact) mass is 233 g/mol. The minimum Gasteiger partial charge on any atom is -0.319 e. The molecule has 0 amide bonds. The van der Waals surface area contributed by atoms with E-state index in [4.69, 9.17) is 5.73 Å². The number of halogens is 1. The molecule has 2 N–H and O–H groups in total. The molecule has 0 saturated heterocycles. The summed E-state index contributed by atoms with van der Waals surface area (Å²) in [6, 6.07) is 6.43. The Labute approximate surface area is 100 Å². The van der Waals surface area contributed by atoms with Crippen molar-refractivity contribution in [3.8, 4) is 0 Å². The average Bonchev–Trinajstić information content (AvgIpc) is 2.55. The van der Waals surface area contributed by atoms with Crippen molar-refractivity contribution in [2.75, 3.05) is 0 Å². The van der Waals surface area contributed by atoms with Gasteiger partial charge in [-0.15, -0.1) is 0 Å². The predicted molar refractivity (Wildman–Crippen MR) is 65.1 cm³/mol. The number of aryl methyl sites for hydroxylation is 3. The highest BCUT2D eigenvalue weighted by molar-refractivity contribution is 5.32. The van der Waals surface area contributed by atoms with E-state index in [1.54, 1.807) is 4.68 Å². The molecule has 2 rings (SSSR count). The van der Waals surface area contributed by atoms with Gasteiger partial charge in [0.1, 0.15) is 5.82 Å². The molecule has 0 aliphatic rings. The summed E-state index contributed by atoms with van der Waals surface area (Å²) >= 11 is 0. The summed E-state index contributed by atoms with van der Waals surface area (Å²) in [4.78, 5) is 0. The van der Waals surface area contributed by atoms with Crippen molar-refractivity contribution in [1.29, 1.82) is 0 Å². The summed E-state index contributed by atoms with van der Waals surface area (Å²) in [7, 11) is 1.84. The largest absolute Gasteiger partial charge is 0.319 e. The second-order valence-electron chi connectivity index (χ2n) is 4.37. The predicted octanol–water partition coefficient (Wildman–Crippen LogP) is 2.22. The highest BCUT2D eigenvalue weighted by Crippen LogP contribution is 2.21. The van der Waals surface area contributed by atoms with Crippen LogP contribution >= 0.6 is 0 Å². The van der Waals surface area contributed by atoms with E-state index in [2.05, 4.69) is 5.10 Å². The van der Waals surface area contributed by atoms with Crippen molar-refractivity contribution in [2.45, 2.75) is 19.9 Å². The number of benzene rings is 1. The van der Waals surface area contributed by atoms with Crippen LogP contribution in [0.2, 0.25) is 0 Å². The molecule has 0 aliphatic carbocycles. The third-order valence-corrected chi connectivity index (χ3v) is 2.78. The number of nitrogens with two attached hydrogens (primary N) is 1. The minimum absolute atomic E-state index is 0.255. The molecule has 0 saturated carbocycles. The van der Waals surface area contributed by atoms with E-state index in [0.29, 0.717) is 0 Å². The fraction of sp³-hybridized carbons (Fsp3) is 0.308. The van der Waals surface area contributed by atoms with Gasteiger partial charge in [0.25, 0.3) is 0 Å². The summed E-state index contributed by atoms with van der Waals surface area (Å²) in [5.74, 6) is -0.255. The molecule has 4 heteroatoms. The number of hydrogen-bond acceptors (Lipinski definition) is 2. The number of aromatic nitrogens is 2. The van der Waals surface area contributed by atoms with Crippen molar-refractivity contribution >= 4 is 0 Å². The van der Waals surface area contributed by atoms with Crippen LogP contribution in [0.15, 0.2) is 24.3 Å². The Balaban J connectivity index is 2.43. The molecule has 0 fully saturated rings. The van der Waals surface area contributed by atoms with E-state index in [9.17, 15) is 4.39 Å². The van der Waals surface area contributed by atoms with Gasteiger partial charge in [-0.3, -0.25) is 4.68 Å². The lowest BCUT2D eigenvalue weighted by molar-refractivity contribution is 0.617. The van der Waals surface area contributed by atoms with Gasteiger partial charge in [0.05, 0.1) is 17.4 Å². The van der Waals surface area contributed by atoms with E-state index in [1.807, 2.05) is 33.0 Å². The molecule has 0 aliphatic heterocycles. The summed E-state index contributed by atoms with van der Waals surface area (Å²) in [6.45, 7) is 3.76. The lowest BCUT2D eigenvalue weighted by atomic mass is 10.0. The van der Waals surface area contributed by atoms with Crippen molar-refractivity contribution in [1.82, 2.24) is 9.78 Å². The van der Waals surface area contributed by atoms with E-state index in [-0.39, 0.29) is 11.9 Å². The first-order valence-electron chi connectivity index (χ1n) is 5.50. The van der Waals surface area contributed by atoms with Gasteiger partial charge in [0.15, 0.2) is 0 Å². The molecule has 0 bridgehead atoms. The van der Waals surface area contributed by atoms with Gasteiger partial charge >= 0.3 is 0 Å². The van der Waals surface area contributed by atoms with Crippen LogP contribution in [0.3, 0.4) is 0 Å². The third-order valence-electron chi connectivity index (χ3n) is 2.78. The van der Waals surface area contributed by atoms with Crippen LogP contribution in [0.5, 0.6) is 0 Å². The Hall–Kier alpha value is -1.68. The smallest absolute Gasteiger partial charge is 0.123 e. The van der Waals surface area contributed by atoms with Crippen LogP contribution in [0, 0.1) is 19.7 Å². The van der Waals surface area contributed by atoms with Crippen molar-refractivity contribution in [3.05, 3.63) is 52.6 Å². The van der Waals surface area contributed by atoms with Crippen molar-refractivity contribution < 1.29 is 4.39 Å². The summed E-state index contributed by atoms with van der Waals surface area (Å²) in [6.07, 6.45) is 0. The topological polar surface area (TPSA) is 43.8 Å². The first-order chi connectivity index (χ1) is 7.97. The second kappa shape index (κ2) is 4.30. The van der Waals surface area contributed by atoms with E-state index in [1.165, 1.54) is 12.1 Å². The molecule has 1 unspecified atom stereocenters. The molecule has 0 spiro atoms. The lowest BCUT2D eigenvalue weighted by Gasteiger charge is -2.13. The van der Waals surface area contributed by atoms with Crippen LogP contribution in [0.1, 0.15) is 28.6 Å². The summed E-state index contributed by atoms with van der Waals surface area (Å²) in [5.41, 5.74) is 9.57. The quantitative estimate of drug-likeness (QED) is 0.864. The molecule has 1 aromatic carbocycles. The molecule has 1 heterocycles. The summed E-state index contributed by atoms with van der Waals surface area (Å²) < 4.78 is 15.1. The van der Waals surface area contributed by atoms with Gasteiger partial charge < -0.3 is 5.73 Å². The van der Waals surface area contributed by atoms with Gasteiger partial charge in [0, 0.05) is 7.05 Å². The maximum absolute atomic E-state index is 13.3. The van der Waals surface area contributed by atoms with E-state index in [0.717, 1.165) is 22.5 Å². The Morgan fingerprint density at radius 1 is 1.24 bits per heavy atom. The van der Waals surface area contributed by atoms with Crippen molar-refractivity contribution in [2.24, 2.45) is 12.8 Å². The Morgan fingerprint density at radius 3 is 2.47 bits per heavy atom. The normalized spacial score (nSPS) is 12.8. The van der Waals surface area contributed by atoms with Crippen LogP contribution < -0.4 is 5.73 Å². The zero-order valence-corrected chi connectivity index (χ0v) is 10.2. The van der Waals surface area contributed by atoms with Gasteiger partial charge in [-0.25, -0.2) is 4.39 Å². The van der Waals surface area contributed by atoms with Crippen LogP contribution in [0.4, 0.5) is 4.39 Å². The van der Waals surface area contributed by atoms with E-state index < -0.39 is 0 Å². The number of hydrogen-bond donors (Lipinski definition) is 1. The highest BCUT2D eigenvalue weighted by Gasteiger charge is 2.14. The molecule has 2 aromatic rings. The van der Waals surface area contributed by atoms with Crippen LogP contribution in [-0.4, -0.2) is 9.78 Å². The Bertz CT molecular complexity index is 525. The first-order valence-corrected chi connectivity index (χ1v) is 5.50. The molecule has 1 aromatic heterocycles. The SMILES string of the molecule is Cc1cc(F)cc(C(N)c2cc(C)nn2C)c1. The fourth-order valence-electron chi connectivity index (χ4n) is 2.04. The maximum atomic E-state index is 13.3. The lowest BCUT2D eigenvalue weighted by Crippen LogP contribution is -2.16. The molecular formula is C13H16FN3. The Kier molecular flexibility index (Phi) is 2.98. The molecule has 17 heavy (non-hydrogen) atoms. The fourth-order valence-corrected chi connectivity index (χ4v) is 2.04. The molecule has 1 atom stereocenters. The first kappa shape index (κ1) is 11.8. The minimum atomic E-state index is -0.351. The van der Waals surface area contributed by atoms with Gasteiger partial charge in [-0.2, -0.15) is 5.10 Å². The average molecular weight is 233 g/mol. The standard InChI is InChI=1S/C13H16FN3/c1-8-4-10(7-11(14)5-8)13(15)12-6-9(2)16-17(12)3/h4-7,13H,15H2,1-3H3. The highest BCUT2D eigenvalue weighted by atomic mass is 19.1. The van der Waals surface area contributed by atoms with Gasteiger partial charge in [-0.05, 0) is 43.2 Å². The molecular weight excluding hydrogens is 217 g/mol. The van der Waals surface area contributed by atoms with Crippen molar-refractivity contribution in [3.63, 3.8) is 0 Å². The van der Waals surface area contributed by atoms with Crippen LogP contribution in [-0.2, 0) is 7.05 Å². The maximum Gasteiger partial charge on any atom is 0.123 e. The Morgan fingerprint density at radius 2 is 1.94 bits per heavy atom. The number of nitrogens with zero attached hydrogens (tertiary/aromatic N) is 2. The van der Waals surface area contributed by atoms with Gasteiger partial charge in [-0.1, -0.05) is 6.07 Å². The third kappa shape index (κ3) is 2.36. The second-order valence-corrected chi connectivity index (χ2v) is 4.37. The zero-order chi connectivity index (χ0) is 12.6. The van der Waals surface area contributed by atoms with Crippen LogP contribution in [0.25, 0.3) is 0 Å². The summed E-state index contributed by atoms with van der Waals surface area (Å²) in [5, 5.41) is 4.25. The number of rotatable bonds is 2. The molecule has 0 radical (unpaired) electrons. The molecule has 3 nitrogen and oxygen atoms in total. The molecule has 90 valence electrons. The zero-order valence-electron chi connectivity index (χ0n) is 10.2. The van der Waals surface area contributed by atoms with Gasteiger partial charge in [0.2, 0.25) is 0 Å².